The first kappa shape index (κ1) is 6.73. The van der Waals surface area contributed by atoms with Gasteiger partial charge in [0.25, 0.3) is 0 Å². The van der Waals surface area contributed by atoms with E-state index in [4.69, 9.17) is 5.73 Å². The minimum absolute atomic E-state index is 0.145. The van der Waals surface area contributed by atoms with Gasteiger partial charge in [0.05, 0.1) is 5.69 Å². The molecule has 3 heteroatoms. The summed E-state index contributed by atoms with van der Waals surface area (Å²) in [6.45, 7) is 1.89. The van der Waals surface area contributed by atoms with Crippen LogP contribution >= 0.6 is 0 Å². The molecule has 1 aliphatic rings. The molecule has 0 amide bonds. The number of hydrogen-bond donors (Lipinski definition) is 1. The van der Waals surface area contributed by atoms with Crippen LogP contribution in [-0.2, 0) is 6.42 Å². The lowest BCUT2D eigenvalue weighted by Gasteiger charge is -2.02. The first-order valence-electron chi connectivity index (χ1n) is 3.85. The highest BCUT2D eigenvalue weighted by Gasteiger charge is 2.20. The van der Waals surface area contributed by atoms with Crippen molar-refractivity contribution in [3.05, 3.63) is 23.3 Å². The van der Waals surface area contributed by atoms with Crippen LogP contribution in [0.2, 0.25) is 0 Å². The van der Waals surface area contributed by atoms with Gasteiger partial charge in [-0.15, -0.1) is 0 Å². The summed E-state index contributed by atoms with van der Waals surface area (Å²) < 4.78 is 0. The molecule has 1 heterocycles. The highest BCUT2D eigenvalue weighted by atomic mass is 14.9. The van der Waals surface area contributed by atoms with Crippen molar-refractivity contribution in [3.8, 4) is 0 Å². The molecule has 3 nitrogen and oxygen atoms in total. The van der Waals surface area contributed by atoms with E-state index in [1.54, 1.807) is 0 Å². The van der Waals surface area contributed by atoms with Crippen molar-refractivity contribution in [2.24, 2.45) is 5.73 Å². The molecule has 1 aromatic rings. The van der Waals surface area contributed by atoms with Gasteiger partial charge in [0, 0.05) is 12.2 Å². The monoisotopic (exact) mass is 149 g/mol. The van der Waals surface area contributed by atoms with Crippen LogP contribution < -0.4 is 5.73 Å². The summed E-state index contributed by atoms with van der Waals surface area (Å²) in [5, 5.41) is 0. The molecular formula is C8H11N3. The molecule has 11 heavy (non-hydrogen) atoms. The Labute approximate surface area is 65.7 Å². The molecule has 1 aromatic heterocycles. The number of nitrogens with zero attached hydrogens (tertiary/aromatic N) is 2. The van der Waals surface area contributed by atoms with Crippen molar-refractivity contribution in [2.75, 3.05) is 0 Å². The van der Waals surface area contributed by atoms with Crippen LogP contribution in [0.15, 0.2) is 6.20 Å². The van der Waals surface area contributed by atoms with Gasteiger partial charge < -0.3 is 5.73 Å². The summed E-state index contributed by atoms with van der Waals surface area (Å²) in [5.41, 5.74) is 8.10. The fourth-order valence-corrected chi connectivity index (χ4v) is 1.47. The first-order chi connectivity index (χ1) is 5.27. The maximum absolute atomic E-state index is 5.82. The molecule has 1 aliphatic carbocycles. The van der Waals surface area contributed by atoms with Crippen LogP contribution in [-0.4, -0.2) is 9.97 Å². The highest BCUT2D eigenvalue weighted by Crippen LogP contribution is 2.26. The molecule has 1 unspecified atom stereocenters. The number of hydrogen-bond acceptors (Lipinski definition) is 3. The second-order valence-electron chi connectivity index (χ2n) is 2.97. The second kappa shape index (κ2) is 2.27. The average Bonchev–Trinajstić information content (AvgIpc) is 2.33. The van der Waals surface area contributed by atoms with Crippen molar-refractivity contribution in [1.29, 1.82) is 0 Å². The molecule has 58 valence electrons. The summed E-state index contributed by atoms with van der Waals surface area (Å²) in [4.78, 5) is 8.42. The second-order valence-corrected chi connectivity index (χ2v) is 2.97. The fourth-order valence-electron chi connectivity index (χ4n) is 1.47. The van der Waals surface area contributed by atoms with E-state index >= 15 is 0 Å². The zero-order valence-corrected chi connectivity index (χ0v) is 6.54. The van der Waals surface area contributed by atoms with Crippen molar-refractivity contribution < 1.29 is 0 Å². The number of rotatable bonds is 0. The number of fused-ring (bicyclic) bond motifs is 1. The van der Waals surface area contributed by atoms with Gasteiger partial charge >= 0.3 is 0 Å². The Morgan fingerprint density at radius 3 is 3.27 bits per heavy atom. The standard InChI is InChI=1S/C8H11N3/c1-5-10-4-6-2-3-7(9)8(6)11-5/h4,7H,2-3,9H2,1H3. The zero-order valence-electron chi connectivity index (χ0n) is 6.54. The normalized spacial score (nSPS) is 21.8. The number of nitrogens with two attached hydrogens (primary N) is 1. The largest absolute Gasteiger partial charge is 0.323 e. The van der Waals surface area contributed by atoms with Crippen molar-refractivity contribution in [1.82, 2.24) is 9.97 Å². The summed E-state index contributed by atoms with van der Waals surface area (Å²) in [5.74, 6) is 0.820. The minimum atomic E-state index is 0.145. The van der Waals surface area contributed by atoms with Gasteiger partial charge in [-0.1, -0.05) is 0 Å². The molecule has 0 saturated heterocycles. The molecule has 0 fully saturated rings. The van der Waals surface area contributed by atoms with Gasteiger partial charge in [-0.2, -0.15) is 0 Å². The predicted molar refractivity (Wildman–Crippen MR) is 42.0 cm³/mol. The predicted octanol–water partition coefficient (Wildman–Crippen LogP) is 0.731. The Morgan fingerprint density at radius 1 is 1.64 bits per heavy atom. The Kier molecular flexibility index (Phi) is 1.39. The topological polar surface area (TPSA) is 51.8 Å². The zero-order chi connectivity index (χ0) is 7.84. The van der Waals surface area contributed by atoms with Gasteiger partial charge in [0.1, 0.15) is 5.82 Å². The third-order valence-electron chi connectivity index (χ3n) is 2.09. The molecule has 0 aromatic carbocycles. The van der Waals surface area contributed by atoms with Crippen LogP contribution in [0.5, 0.6) is 0 Å². The van der Waals surface area contributed by atoms with E-state index in [0.717, 1.165) is 24.4 Å². The summed E-state index contributed by atoms with van der Waals surface area (Å²) >= 11 is 0. The maximum atomic E-state index is 5.82. The highest BCUT2D eigenvalue weighted by molar-refractivity contribution is 5.25. The van der Waals surface area contributed by atoms with Crippen molar-refractivity contribution in [3.63, 3.8) is 0 Å². The van der Waals surface area contributed by atoms with E-state index in [2.05, 4.69) is 9.97 Å². The van der Waals surface area contributed by atoms with Crippen LogP contribution in [0.3, 0.4) is 0 Å². The quantitative estimate of drug-likeness (QED) is 0.591. The van der Waals surface area contributed by atoms with Crippen LogP contribution in [0.4, 0.5) is 0 Å². The lowest BCUT2D eigenvalue weighted by atomic mass is 10.2. The lowest BCUT2D eigenvalue weighted by Crippen LogP contribution is -2.08. The minimum Gasteiger partial charge on any atom is -0.323 e. The Morgan fingerprint density at radius 2 is 2.45 bits per heavy atom. The molecule has 0 saturated carbocycles. The van der Waals surface area contributed by atoms with Gasteiger partial charge in [-0.3, -0.25) is 0 Å². The molecule has 0 spiro atoms. The molecule has 2 N–H and O–H groups in total. The van der Waals surface area contributed by atoms with Gasteiger partial charge in [0.15, 0.2) is 0 Å². The molecule has 2 rings (SSSR count). The van der Waals surface area contributed by atoms with Gasteiger partial charge in [-0.25, -0.2) is 9.97 Å². The summed E-state index contributed by atoms with van der Waals surface area (Å²) in [7, 11) is 0. The van der Waals surface area contributed by atoms with E-state index < -0.39 is 0 Å². The summed E-state index contributed by atoms with van der Waals surface area (Å²) in [6.07, 6.45) is 3.95. The van der Waals surface area contributed by atoms with Gasteiger partial charge in [-0.05, 0) is 25.3 Å². The van der Waals surface area contributed by atoms with Crippen molar-refractivity contribution in [2.45, 2.75) is 25.8 Å². The molecule has 0 radical (unpaired) electrons. The molecular weight excluding hydrogens is 138 g/mol. The third-order valence-corrected chi connectivity index (χ3v) is 2.09. The van der Waals surface area contributed by atoms with E-state index in [9.17, 15) is 0 Å². The Hall–Kier alpha value is -0.960. The smallest absolute Gasteiger partial charge is 0.125 e. The van der Waals surface area contributed by atoms with E-state index in [-0.39, 0.29) is 6.04 Å². The first-order valence-corrected chi connectivity index (χ1v) is 3.85. The number of aryl methyl sites for hydroxylation is 2. The Bertz CT molecular complexity index is 283. The molecule has 0 aliphatic heterocycles. The van der Waals surface area contributed by atoms with E-state index in [1.165, 1.54) is 5.56 Å². The average molecular weight is 149 g/mol. The van der Waals surface area contributed by atoms with Crippen LogP contribution in [0.25, 0.3) is 0 Å². The number of aromatic nitrogens is 2. The van der Waals surface area contributed by atoms with Gasteiger partial charge in [0.2, 0.25) is 0 Å². The molecule has 1 atom stereocenters. The van der Waals surface area contributed by atoms with Crippen molar-refractivity contribution >= 4 is 0 Å². The van der Waals surface area contributed by atoms with Crippen LogP contribution in [0, 0.1) is 6.92 Å². The fraction of sp³-hybridized carbons (Fsp3) is 0.500. The van der Waals surface area contributed by atoms with Crippen LogP contribution in [0.1, 0.15) is 29.5 Å². The summed E-state index contributed by atoms with van der Waals surface area (Å²) in [6, 6.07) is 0.145. The maximum Gasteiger partial charge on any atom is 0.125 e. The SMILES string of the molecule is Cc1ncc2c(n1)C(N)CC2. The van der Waals surface area contributed by atoms with E-state index in [1.807, 2.05) is 13.1 Å². The third kappa shape index (κ3) is 1.01. The molecule has 0 bridgehead atoms. The Balaban J connectivity index is 2.52. The van der Waals surface area contributed by atoms with E-state index in [0.29, 0.717) is 0 Å². The lowest BCUT2D eigenvalue weighted by molar-refractivity contribution is 0.694.